The van der Waals surface area contributed by atoms with E-state index in [1.807, 2.05) is 12.1 Å². The highest BCUT2D eigenvalue weighted by Gasteiger charge is 2.12. The molecule has 5 N–H and O–H groups in total. The van der Waals surface area contributed by atoms with Crippen molar-refractivity contribution in [3.05, 3.63) is 35.1 Å². The van der Waals surface area contributed by atoms with Crippen LogP contribution in [0.4, 0.5) is 0 Å². The number of aliphatic imine (C=N–C) groups is 1. The Kier molecular flexibility index (Phi) is 4.59. The number of hydrogen-bond acceptors (Lipinski definition) is 5. The van der Waals surface area contributed by atoms with Gasteiger partial charge in [0, 0.05) is 0 Å². The summed E-state index contributed by atoms with van der Waals surface area (Å²) in [6, 6.07) is 7.17. The molecule has 0 atom stereocenters. The number of rotatable bonds is 3. The summed E-state index contributed by atoms with van der Waals surface area (Å²) in [5.74, 6) is 0.927. The zero-order valence-corrected chi connectivity index (χ0v) is 11.8. The van der Waals surface area contributed by atoms with Crippen LogP contribution in [0.5, 0.6) is 0 Å². The van der Waals surface area contributed by atoms with E-state index in [1.54, 1.807) is 12.1 Å². The van der Waals surface area contributed by atoms with Crippen molar-refractivity contribution >= 4 is 34.5 Å². The molecule has 0 aliphatic carbocycles. The third-order valence-electron chi connectivity index (χ3n) is 2.14. The number of halogens is 1. The van der Waals surface area contributed by atoms with Gasteiger partial charge in [0.05, 0.1) is 16.3 Å². The van der Waals surface area contributed by atoms with E-state index in [-0.39, 0.29) is 11.1 Å². The van der Waals surface area contributed by atoms with E-state index in [9.17, 15) is 0 Å². The number of amidine groups is 1. The van der Waals surface area contributed by atoms with Gasteiger partial charge >= 0.3 is 0 Å². The third kappa shape index (κ3) is 3.72. The number of thioether (sulfide) groups is 1. The van der Waals surface area contributed by atoms with E-state index in [0.29, 0.717) is 28.1 Å². The van der Waals surface area contributed by atoms with Gasteiger partial charge in [-0.05, 0) is 12.1 Å². The molecule has 1 aromatic heterocycles. The maximum atomic E-state index is 7.48. The molecule has 9 heteroatoms. The molecule has 0 bridgehead atoms. The van der Waals surface area contributed by atoms with Crippen molar-refractivity contribution < 1.29 is 4.52 Å². The summed E-state index contributed by atoms with van der Waals surface area (Å²) in [6.07, 6.45) is 0. The van der Waals surface area contributed by atoms with Crippen molar-refractivity contribution in [3.8, 4) is 11.5 Å². The second-order valence-electron chi connectivity index (χ2n) is 3.63. The molecule has 0 radical (unpaired) electrons. The second kappa shape index (κ2) is 6.40. The highest BCUT2D eigenvalue weighted by Crippen LogP contribution is 2.26. The van der Waals surface area contributed by atoms with Gasteiger partial charge in [-0.15, -0.1) is 0 Å². The van der Waals surface area contributed by atoms with Gasteiger partial charge in [0.15, 0.2) is 17.0 Å². The highest BCUT2D eigenvalue weighted by molar-refractivity contribution is 8.13. The largest absolute Gasteiger partial charge is 0.370 e. The van der Waals surface area contributed by atoms with Crippen LogP contribution in [0, 0.1) is 5.41 Å². The normalized spacial score (nSPS) is 10.2. The molecule has 1 heterocycles. The first kappa shape index (κ1) is 14.4. The summed E-state index contributed by atoms with van der Waals surface area (Å²) in [5, 5.41) is 11.8. The number of nitrogens with zero attached hydrogens (tertiary/aromatic N) is 3. The minimum absolute atomic E-state index is 0.0194. The smallest absolute Gasteiger partial charge is 0.259 e. The fourth-order valence-electron chi connectivity index (χ4n) is 1.34. The average Bonchev–Trinajstić information content (AvgIpc) is 2.85. The fourth-order valence-corrected chi connectivity index (χ4v) is 2.11. The van der Waals surface area contributed by atoms with Gasteiger partial charge in [-0.1, -0.05) is 40.7 Å². The fraction of sp³-hybridized carbons (Fsp3) is 0.0909. The molecule has 0 spiro atoms. The van der Waals surface area contributed by atoms with Crippen molar-refractivity contribution in [2.24, 2.45) is 16.5 Å². The Balaban J connectivity index is 2.05. The summed E-state index contributed by atoms with van der Waals surface area (Å²) in [6.45, 7) is 0. The van der Waals surface area contributed by atoms with Gasteiger partial charge in [0.1, 0.15) is 0 Å². The van der Waals surface area contributed by atoms with Gasteiger partial charge in [0.25, 0.3) is 5.89 Å². The van der Waals surface area contributed by atoms with Crippen molar-refractivity contribution in [1.29, 1.82) is 5.41 Å². The zero-order valence-electron chi connectivity index (χ0n) is 10.2. The van der Waals surface area contributed by atoms with E-state index in [0.717, 1.165) is 11.8 Å². The first-order chi connectivity index (χ1) is 9.56. The predicted molar refractivity (Wildman–Crippen MR) is 79.6 cm³/mol. The SMILES string of the molecule is N=C(N=C(N)N)SCc1noc(-c2ccccc2Cl)n1. The molecule has 0 saturated heterocycles. The van der Waals surface area contributed by atoms with Crippen molar-refractivity contribution in [3.63, 3.8) is 0 Å². The molecule has 20 heavy (non-hydrogen) atoms. The minimum atomic E-state index is -0.160. The van der Waals surface area contributed by atoms with E-state index >= 15 is 0 Å². The summed E-state index contributed by atoms with van der Waals surface area (Å²) < 4.78 is 5.13. The molecular weight excluding hydrogens is 300 g/mol. The van der Waals surface area contributed by atoms with Crippen molar-refractivity contribution in [1.82, 2.24) is 10.1 Å². The molecule has 1 aromatic carbocycles. The lowest BCUT2D eigenvalue weighted by molar-refractivity contribution is 0.425. The average molecular weight is 311 g/mol. The highest BCUT2D eigenvalue weighted by atomic mass is 35.5. The topological polar surface area (TPSA) is 127 Å². The van der Waals surface area contributed by atoms with E-state index in [1.165, 1.54) is 0 Å². The van der Waals surface area contributed by atoms with Crippen LogP contribution in [-0.2, 0) is 5.75 Å². The summed E-state index contributed by atoms with van der Waals surface area (Å²) in [7, 11) is 0. The molecule has 2 rings (SSSR count). The summed E-state index contributed by atoms with van der Waals surface area (Å²) in [4.78, 5) is 7.78. The Morgan fingerprint density at radius 1 is 1.40 bits per heavy atom. The molecular formula is C11H11ClN6OS. The number of nitrogens with two attached hydrogens (primary N) is 2. The summed E-state index contributed by atoms with van der Waals surface area (Å²) in [5.41, 5.74) is 11.0. The van der Waals surface area contributed by atoms with Crippen LogP contribution < -0.4 is 11.5 Å². The first-order valence-corrected chi connectivity index (χ1v) is 6.81. The van der Waals surface area contributed by atoms with E-state index in [2.05, 4.69) is 15.1 Å². The molecule has 0 saturated carbocycles. The zero-order chi connectivity index (χ0) is 14.5. The Hall–Kier alpha value is -2.06. The Bertz CT molecular complexity index is 652. The van der Waals surface area contributed by atoms with Crippen LogP contribution in [0.3, 0.4) is 0 Å². The number of aromatic nitrogens is 2. The molecule has 0 aliphatic heterocycles. The van der Waals surface area contributed by atoms with Crippen molar-refractivity contribution in [2.75, 3.05) is 0 Å². The van der Waals surface area contributed by atoms with Crippen molar-refractivity contribution in [2.45, 2.75) is 5.75 Å². The van der Waals surface area contributed by atoms with Crippen LogP contribution in [0.25, 0.3) is 11.5 Å². The van der Waals surface area contributed by atoms with Crippen LogP contribution in [0.2, 0.25) is 5.02 Å². The van der Waals surface area contributed by atoms with Crippen LogP contribution in [0.1, 0.15) is 5.82 Å². The lowest BCUT2D eigenvalue weighted by Crippen LogP contribution is -2.23. The molecule has 104 valence electrons. The van der Waals surface area contributed by atoms with Crippen LogP contribution in [0.15, 0.2) is 33.8 Å². The van der Waals surface area contributed by atoms with E-state index < -0.39 is 0 Å². The lowest BCUT2D eigenvalue weighted by Gasteiger charge is -1.96. The molecule has 0 amide bonds. The predicted octanol–water partition coefficient (Wildman–Crippen LogP) is 1.83. The Morgan fingerprint density at radius 3 is 2.85 bits per heavy atom. The molecule has 7 nitrogen and oxygen atoms in total. The van der Waals surface area contributed by atoms with Gasteiger partial charge < -0.3 is 16.0 Å². The molecule has 0 aliphatic rings. The summed E-state index contributed by atoms with van der Waals surface area (Å²) >= 11 is 7.13. The molecule has 2 aromatic rings. The minimum Gasteiger partial charge on any atom is -0.370 e. The number of nitrogens with one attached hydrogen (secondary N) is 1. The second-order valence-corrected chi connectivity index (χ2v) is 5.00. The quantitative estimate of drug-likeness (QED) is 0.586. The third-order valence-corrected chi connectivity index (χ3v) is 3.24. The van der Waals surface area contributed by atoms with Gasteiger partial charge in [-0.25, -0.2) is 0 Å². The maximum Gasteiger partial charge on any atom is 0.259 e. The Labute approximate surface area is 123 Å². The Morgan fingerprint density at radius 2 is 2.15 bits per heavy atom. The maximum absolute atomic E-state index is 7.48. The van der Waals surface area contributed by atoms with Gasteiger partial charge in [-0.2, -0.15) is 9.98 Å². The molecule has 0 unspecified atom stereocenters. The van der Waals surface area contributed by atoms with Crippen LogP contribution >= 0.6 is 23.4 Å². The number of hydrogen-bond donors (Lipinski definition) is 3. The lowest BCUT2D eigenvalue weighted by atomic mass is 10.2. The first-order valence-electron chi connectivity index (χ1n) is 5.44. The van der Waals surface area contributed by atoms with E-state index in [4.69, 9.17) is 33.0 Å². The standard InChI is InChI=1S/C11H11ClN6OS/c12-7-4-2-1-3-6(7)9-16-8(18-19-9)5-20-11(15)17-10(13)14/h1-4H,5H2,(H5,13,14,15,17). The van der Waals surface area contributed by atoms with Gasteiger partial charge in [0.2, 0.25) is 0 Å². The molecule has 0 fully saturated rings. The van der Waals surface area contributed by atoms with Gasteiger partial charge in [-0.3, -0.25) is 5.41 Å². The number of benzene rings is 1. The number of guanidine groups is 1. The van der Waals surface area contributed by atoms with Crippen LogP contribution in [-0.4, -0.2) is 21.3 Å². The monoisotopic (exact) mass is 310 g/mol.